The summed E-state index contributed by atoms with van der Waals surface area (Å²) in [5.74, 6) is -0.419. The molecule has 47 heavy (non-hydrogen) atoms. The average Bonchev–Trinajstić information content (AvgIpc) is 3.10. The quantitative estimate of drug-likeness (QED) is 0.167. The molecule has 1 N–H and O–H groups in total. The zero-order valence-corrected chi connectivity index (χ0v) is 28.1. The Morgan fingerprint density at radius 1 is 0.745 bits per heavy atom. The van der Waals surface area contributed by atoms with Crippen LogP contribution in [0.4, 0.5) is 5.69 Å². The molecule has 1 aliphatic rings. The lowest BCUT2D eigenvalue weighted by Gasteiger charge is -2.35. The van der Waals surface area contributed by atoms with Gasteiger partial charge < -0.3 is 10.2 Å². The summed E-state index contributed by atoms with van der Waals surface area (Å²) >= 11 is 0. The highest BCUT2D eigenvalue weighted by atomic mass is 32.2. The number of hydrogen-bond acceptors (Lipinski definition) is 4. The van der Waals surface area contributed by atoms with E-state index in [9.17, 15) is 18.0 Å². The summed E-state index contributed by atoms with van der Waals surface area (Å²) in [5.41, 5.74) is 3.21. The van der Waals surface area contributed by atoms with Gasteiger partial charge in [-0.1, -0.05) is 124 Å². The molecule has 0 heterocycles. The number of nitrogens with zero attached hydrogens (tertiary/aromatic N) is 2. The van der Waals surface area contributed by atoms with Crippen molar-refractivity contribution in [2.75, 3.05) is 10.8 Å². The predicted molar refractivity (Wildman–Crippen MR) is 187 cm³/mol. The Kier molecular flexibility index (Phi) is 11.5. The van der Waals surface area contributed by atoms with Crippen molar-refractivity contribution in [3.63, 3.8) is 0 Å². The Bertz CT molecular complexity index is 1690. The normalized spacial score (nSPS) is 14.4. The van der Waals surface area contributed by atoms with Gasteiger partial charge in [0.2, 0.25) is 11.8 Å². The maximum absolute atomic E-state index is 14.7. The molecule has 0 aliphatic heterocycles. The fourth-order valence-corrected chi connectivity index (χ4v) is 7.59. The van der Waals surface area contributed by atoms with E-state index in [2.05, 4.69) is 19.2 Å². The van der Waals surface area contributed by atoms with Gasteiger partial charge in [-0.15, -0.1) is 0 Å². The van der Waals surface area contributed by atoms with Crippen molar-refractivity contribution in [3.8, 4) is 0 Å². The molecule has 5 rings (SSSR count). The highest BCUT2D eigenvalue weighted by Crippen LogP contribution is 2.27. The average molecular weight is 652 g/mol. The van der Waals surface area contributed by atoms with Crippen molar-refractivity contribution >= 4 is 27.5 Å². The summed E-state index contributed by atoms with van der Waals surface area (Å²) in [6.45, 7) is 3.83. The Labute approximate surface area is 279 Å². The molecule has 0 unspecified atom stereocenters. The van der Waals surface area contributed by atoms with Gasteiger partial charge in [0.1, 0.15) is 12.6 Å². The number of nitrogens with one attached hydrogen (secondary N) is 1. The molecule has 0 radical (unpaired) electrons. The van der Waals surface area contributed by atoms with Crippen LogP contribution in [-0.2, 0) is 32.6 Å². The van der Waals surface area contributed by atoms with Crippen molar-refractivity contribution in [3.05, 3.63) is 132 Å². The molecule has 7 nitrogen and oxygen atoms in total. The molecule has 0 spiro atoms. The Hall–Kier alpha value is -4.43. The fraction of sp³-hybridized carbons (Fsp3) is 0.333. The lowest BCUT2D eigenvalue weighted by atomic mass is 9.94. The van der Waals surface area contributed by atoms with E-state index in [0.717, 1.165) is 48.8 Å². The molecule has 0 aromatic heterocycles. The topological polar surface area (TPSA) is 86.8 Å². The number of carbonyl (C=O) groups excluding carboxylic acids is 2. The number of sulfonamides is 1. The van der Waals surface area contributed by atoms with E-state index < -0.39 is 28.5 Å². The van der Waals surface area contributed by atoms with Crippen LogP contribution in [0.25, 0.3) is 0 Å². The fourth-order valence-electron chi connectivity index (χ4n) is 6.15. The highest BCUT2D eigenvalue weighted by Gasteiger charge is 2.35. The molecular weight excluding hydrogens is 607 g/mol. The molecule has 4 aromatic rings. The Morgan fingerprint density at radius 2 is 1.30 bits per heavy atom. The van der Waals surface area contributed by atoms with Crippen LogP contribution in [0.1, 0.15) is 68.6 Å². The molecule has 0 saturated heterocycles. The number of hydrogen-bond donors (Lipinski definition) is 1. The van der Waals surface area contributed by atoms with Gasteiger partial charge in [-0.05, 0) is 59.7 Å². The number of carbonyl (C=O) groups is 2. The lowest BCUT2D eigenvalue weighted by Crippen LogP contribution is -2.55. The first kappa shape index (κ1) is 33.9. The van der Waals surface area contributed by atoms with E-state index in [1.165, 1.54) is 16.4 Å². The van der Waals surface area contributed by atoms with Crippen LogP contribution < -0.4 is 9.62 Å². The standard InChI is InChI=1S/C39H45N3O4S/c1-30(2)33-23-25-35(26-24-33)42(47(45,46)36-21-13-6-14-22-36)29-38(43)41(28-32-17-9-4-10-18-32)37(27-31-15-7-3-8-16-31)39(44)40-34-19-11-5-12-20-34/h3-4,6-10,13-18,21-26,30,34,37H,5,11-12,19-20,27-29H2,1-2H3,(H,40,44)/t37-/m0/s1. The summed E-state index contributed by atoms with van der Waals surface area (Å²) < 4.78 is 29.6. The molecule has 8 heteroatoms. The third-order valence-corrected chi connectivity index (χ3v) is 10.7. The molecule has 1 saturated carbocycles. The minimum absolute atomic E-state index is 0.0534. The van der Waals surface area contributed by atoms with Crippen molar-refractivity contribution in [1.29, 1.82) is 0 Å². The molecule has 1 aliphatic carbocycles. The predicted octanol–water partition coefficient (Wildman–Crippen LogP) is 7.09. The smallest absolute Gasteiger partial charge is 0.264 e. The van der Waals surface area contributed by atoms with Crippen LogP contribution in [0.15, 0.2) is 120 Å². The van der Waals surface area contributed by atoms with E-state index in [0.29, 0.717) is 12.1 Å². The summed E-state index contributed by atoms with van der Waals surface area (Å²) in [4.78, 5) is 30.5. The van der Waals surface area contributed by atoms with Crippen molar-refractivity contribution in [2.24, 2.45) is 0 Å². The zero-order chi connectivity index (χ0) is 33.2. The largest absolute Gasteiger partial charge is 0.352 e. The number of rotatable bonds is 13. The third kappa shape index (κ3) is 8.89. The minimum Gasteiger partial charge on any atom is -0.352 e. The molecule has 246 valence electrons. The van der Waals surface area contributed by atoms with Crippen molar-refractivity contribution < 1.29 is 18.0 Å². The summed E-state index contributed by atoms with van der Waals surface area (Å²) in [7, 11) is -4.13. The summed E-state index contributed by atoms with van der Waals surface area (Å²) in [6, 6.07) is 33.9. The van der Waals surface area contributed by atoms with Crippen molar-refractivity contribution in [2.45, 2.75) is 81.8 Å². The molecule has 2 amide bonds. The molecule has 0 bridgehead atoms. The van der Waals surface area contributed by atoms with E-state index >= 15 is 0 Å². The second-order valence-corrected chi connectivity index (χ2v) is 14.5. The molecule has 1 fully saturated rings. The SMILES string of the molecule is CC(C)c1ccc(N(CC(=O)N(Cc2ccccc2)[C@@H](Cc2ccccc2)C(=O)NC2CCCCC2)S(=O)(=O)c2ccccc2)cc1. The van der Waals surface area contributed by atoms with Crippen LogP contribution in [0.2, 0.25) is 0 Å². The van der Waals surface area contributed by atoms with Crippen LogP contribution >= 0.6 is 0 Å². The van der Waals surface area contributed by atoms with E-state index in [1.807, 2.05) is 72.8 Å². The maximum Gasteiger partial charge on any atom is 0.264 e. The number of benzene rings is 4. The number of anilines is 1. The van der Waals surface area contributed by atoms with Crippen LogP contribution in [0.5, 0.6) is 0 Å². The monoisotopic (exact) mass is 651 g/mol. The van der Waals surface area contributed by atoms with Gasteiger partial charge >= 0.3 is 0 Å². The maximum atomic E-state index is 14.7. The van der Waals surface area contributed by atoms with Gasteiger partial charge in [-0.25, -0.2) is 8.42 Å². The minimum atomic E-state index is -4.13. The van der Waals surface area contributed by atoms with E-state index in [-0.39, 0.29) is 29.3 Å². The first-order chi connectivity index (χ1) is 22.7. The van der Waals surface area contributed by atoms with Crippen LogP contribution in [-0.4, -0.2) is 43.8 Å². The van der Waals surface area contributed by atoms with Gasteiger partial charge in [0.25, 0.3) is 10.0 Å². The lowest BCUT2D eigenvalue weighted by molar-refractivity contribution is -0.140. The summed E-state index contributed by atoms with van der Waals surface area (Å²) in [6.07, 6.45) is 5.39. The van der Waals surface area contributed by atoms with Gasteiger partial charge in [0.15, 0.2) is 0 Å². The van der Waals surface area contributed by atoms with Gasteiger partial charge in [0.05, 0.1) is 10.6 Å². The summed E-state index contributed by atoms with van der Waals surface area (Å²) in [5, 5.41) is 3.25. The van der Waals surface area contributed by atoms with Crippen LogP contribution in [0, 0.1) is 0 Å². The first-order valence-electron chi connectivity index (χ1n) is 16.6. The third-order valence-electron chi connectivity index (χ3n) is 8.88. The van der Waals surface area contributed by atoms with Crippen molar-refractivity contribution in [1.82, 2.24) is 10.2 Å². The second kappa shape index (κ2) is 15.9. The molecular formula is C39H45N3O4S. The molecule has 4 aromatic carbocycles. The van der Waals surface area contributed by atoms with Gasteiger partial charge in [0, 0.05) is 19.0 Å². The Balaban J connectivity index is 1.55. The van der Waals surface area contributed by atoms with Gasteiger partial charge in [-0.3, -0.25) is 13.9 Å². The highest BCUT2D eigenvalue weighted by molar-refractivity contribution is 7.92. The van der Waals surface area contributed by atoms with Crippen LogP contribution in [0.3, 0.4) is 0 Å². The Morgan fingerprint density at radius 3 is 1.87 bits per heavy atom. The first-order valence-corrected chi connectivity index (χ1v) is 18.0. The van der Waals surface area contributed by atoms with E-state index in [4.69, 9.17) is 0 Å². The molecule has 1 atom stereocenters. The zero-order valence-electron chi connectivity index (χ0n) is 27.3. The number of amides is 2. The second-order valence-electron chi connectivity index (χ2n) is 12.6. The van der Waals surface area contributed by atoms with E-state index in [1.54, 1.807) is 35.2 Å². The van der Waals surface area contributed by atoms with Gasteiger partial charge in [-0.2, -0.15) is 0 Å².